The van der Waals surface area contributed by atoms with E-state index < -0.39 is 12.6 Å². The summed E-state index contributed by atoms with van der Waals surface area (Å²) < 4.78 is 5.16. The molecule has 0 aromatic heterocycles. The molecule has 6 heteroatoms. The number of carbonyl (C=O) groups excluding carboxylic acids is 3. The molecule has 2 aromatic carbocycles. The Bertz CT molecular complexity index is 979. The van der Waals surface area contributed by atoms with Crippen LogP contribution in [0.15, 0.2) is 30.3 Å². The number of hydrogen-bond donors (Lipinski definition) is 2. The van der Waals surface area contributed by atoms with Gasteiger partial charge in [0, 0.05) is 17.7 Å². The fraction of sp³-hybridized carbons (Fsp3) is 0.318. The smallest absolute Gasteiger partial charge is 0.342 e. The van der Waals surface area contributed by atoms with E-state index in [0.717, 1.165) is 42.4 Å². The number of aromatic hydroxyl groups is 1. The quantitative estimate of drug-likeness (QED) is 0.629. The van der Waals surface area contributed by atoms with Gasteiger partial charge in [-0.2, -0.15) is 0 Å². The van der Waals surface area contributed by atoms with Crippen molar-refractivity contribution in [2.24, 2.45) is 0 Å². The summed E-state index contributed by atoms with van der Waals surface area (Å²) in [4.78, 5) is 36.2. The van der Waals surface area contributed by atoms with Gasteiger partial charge in [0.2, 0.25) is 5.91 Å². The Morgan fingerprint density at radius 2 is 1.71 bits per heavy atom. The zero-order chi connectivity index (χ0) is 19.7. The number of rotatable bonds is 4. The van der Waals surface area contributed by atoms with Crippen molar-refractivity contribution >= 4 is 23.3 Å². The van der Waals surface area contributed by atoms with Crippen molar-refractivity contribution in [1.82, 2.24) is 0 Å². The van der Waals surface area contributed by atoms with Crippen molar-refractivity contribution in [3.05, 3.63) is 58.1 Å². The third-order valence-corrected chi connectivity index (χ3v) is 5.34. The number of phenolic OH excluding ortho intramolecular Hbond substituents is 1. The second-order valence-electron chi connectivity index (χ2n) is 7.26. The van der Waals surface area contributed by atoms with Gasteiger partial charge in [-0.25, -0.2) is 4.79 Å². The molecule has 0 radical (unpaired) electrons. The number of esters is 1. The van der Waals surface area contributed by atoms with Crippen LogP contribution in [-0.4, -0.2) is 29.4 Å². The monoisotopic (exact) mass is 379 g/mol. The van der Waals surface area contributed by atoms with E-state index in [1.54, 1.807) is 30.3 Å². The number of hydrogen-bond acceptors (Lipinski definition) is 5. The van der Waals surface area contributed by atoms with Crippen molar-refractivity contribution in [3.8, 4) is 5.75 Å². The predicted octanol–water partition coefficient (Wildman–Crippen LogP) is 3.20. The van der Waals surface area contributed by atoms with E-state index >= 15 is 0 Å². The molecule has 0 atom stereocenters. The van der Waals surface area contributed by atoms with Gasteiger partial charge in [-0.15, -0.1) is 0 Å². The van der Waals surface area contributed by atoms with Crippen LogP contribution in [0, 0.1) is 0 Å². The average molecular weight is 379 g/mol. The van der Waals surface area contributed by atoms with Crippen LogP contribution in [0.5, 0.6) is 5.75 Å². The minimum Gasteiger partial charge on any atom is -0.507 e. The molecule has 1 amide bonds. The summed E-state index contributed by atoms with van der Waals surface area (Å²) >= 11 is 0. The second-order valence-corrected chi connectivity index (χ2v) is 7.26. The van der Waals surface area contributed by atoms with E-state index in [-0.39, 0.29) is 23.0 Å². The van der Waals surface area contributed by atoms with Crippen molar-refractivity contribution in [1.29, 1.82) is 0 Å². The summed E-state index contributed by atoms with van der Waals surface area (Å²) in [6, 6.07) is 8.33. The Morgan fingerprint density at radius 1 is 0.964 bits per heavy atom. The largest absolute Gasteiger partial charge is 0.507 e. The molecule has 4 rings (SSSR count). The van der Waals surface area contributed by atoms with Gasteiger partial charge in [0.25, 0.3) is 0 Å². The third-order valence-electron chi connectivity index (χ3n) is 5.34. The summed E-state index contributed by atoms with van der Waals surface area (Å²) in [6.45, 7) is -0.402. The van der Waals surface area contributed by atoms with Crippen molar-refractivity contribution in [2.45, 2.75) is 38.5 Å². The number of Topliss-reactive ketones (excluding diaryl/α,β-unsaturated/α-hetero) is 1. The number of phenols is 1. The SMILES string of the molecule is O=C1CCc2cc(C(=O)COC(=O)c3cc4c(cc3O)CCCC4)ccc2N1. The number of aryl methyl sites for hydroxylation is 3. The molecule has 2 aliphatic rings. The molecule has 0 unspecified atom stereocenters. The molecule has 28 heavy (non-hydrogen) atoms. The van der Waals surface area contributed by atoms with Gasteiger partial charge in [0.1, 0.15) is 11.3 Å². The molecule has 144 valence electrons. The second kappa shape index (κ2) is 7.46. The summed E-state index contributed by atoms with van der Waals surface area (Å²) in [5, 5.41) is 12.9. The first-order valence-corrected chi connectivity index (χ1v) is 9.49. The Labute approximate surface area is 162 Å². The lowest BCUT2D eigenvalue weighted by Gasteiger charge is -2.18. The normalized spacial score (nSPS) is 15.2. The van der Waals surface area contributed by atoms with E-state index in [1.165, 1.54) is 0 Å². The minimum atomic E-state index is -0.704. The Balaban J connectivity index is 1.44. The summed E-state index contributed by atoms with van der Waals surface area (Å²) in [7, 11) is 0. The van der Waals surface area contributed by atoms with Crippen LogP contribution >= 0.6 is 0 Å². The van der Waals surface area contributed by atoms with E-state index in [0.29, 0.717) is 24.1 Å². The number of ether oxygens (including phenoxy) is 1. The molecular weight excluding hydrogens is 358 g/mol. The molecule has 2 N–H and O–H groups in total. The zero-order valence-electron chi connectivity index (χ0n) is 15.4. The lowest BCUT2D eigenvalue weighted by Crippen LogP contribution is -2.20. The molecule has 0 fully saturated rings. The number of nitrogens with one attached hydrogen (secondary N) is 1. The molecule has 1 aliphatic carbocycles. The van der Waals surface area contributed by atoms with Crippen LogP contribution in [0.1, 0.15) is 56.7 Å². The van der Waals surface area contributed by atoms with E-state index in [2.05, 4.69) is 5.32 Å². The van der Waals surface area contributed by atoms with Crippen LogP contribution in [-0.2, 0) is 28.8 Å². The van der Waals surface area contributed by atoms with Crippen LogP contribution in [0.3, 0.4) is 0 Å². The fourth-order valence-electron chi connectivity index (χ4n) is 3.79. The topological polar surface area (TPSA) is 92.7 Å². The maximum atomic E-state index is 12.4. The van der Waals surface area contributed by atoms with E-state index in [4.69, 9.17) is 4.74 Å². The number of anilines is 1. The molecule has 1 heterocycles. The van der Waals surface area contributed by atoms with Gasteiger partial charge >= 0.3 is 5.97 Å². The molecule has 0 saturated carbocycles. The minimum absolute atomic E-state index is 0.0367. The maximum Gasteiger partial charge on any atom is 0.342 e. The fourth-order valence-corrected chi connectivity index (χ4v) is 3.79. The third kappa shape index (κ3) is 3.63. The molecule has 1 aliphatic heterocycles. The van der Waals surface area contributed by atoms with Gasteiger partial charge in [0.15, 0.2) is 12.4 Å². The van der Waals surface area contributed by atoms with E-state index in [9.17, 15) is 19.5 Å². The zero-order valence-corrected chi connectivity index (χ0v) is 15.4. The highest BCUT2D eigenvalue weighted by atomic mass is 16.5. The highest BCUT2D eigenvalue weighted by Gasteiger charge is 2.21. The standard InChI is InChI=1S/C22H21NO5/c24-19-11-14-4-2-1-3-13(14)10-17(19)22(27)28-12-20(25)16-5-7-18-15(9-16)6-8-21(26)23-18/h5,7,9-11,24H,1-4,6,8,12H2,(H,23,26). The molecule has 2 aromatic rings. The summed E-state index contributed by atoms with van der Waals surface area (Å²) in [5.41, 5.74) is 4.25. The molecule has 0 bridgehead atoms. The number of benzene rings is 2. The Hall–Kier alpha value is -3.15. The van der Waals surface area contributed by atoms with Crippen LogP contribution in [0.25, 0.3) is 0 Å². The number of ketones is 1. The lowest BCUT2D eigenvalue weighted by atomic mass is 9.90. The first-order valence-electron chi connectivity index (χ1n) is 9.49. The lowest BCUT2D eigenvalue weighted by molar-refractivity contribution is -0.116. The van der Waals surface area contributed by atoms with Crippen LogP contribution < -0.4 is 5.32 Å². The Morgan fingerprint density at radius 3 is 2.50 bits per heavy atom. The summed E-state index contributed by atoms with van der Waals surface area (Å²) in [6.07, 6.45) is 4.87. The highest BCUT2D eigenvalue weighted by molar-refractivity contribution is 6.01. The maximum absolute atomic E-state index is 12.4. The average Bonchev–Trinajstić information content (AvgIpc) is 2.70. The van der Waals surface area contributed by atoms with Gasteiger partial charge in [0.05, 0.1) is 0 Å². The van der Waals surface area contributed by atoms with Gasteiger partial charge in [-0.1, -0.05) is 0 Å². The molecule has 0 saturated heterocycles. The first kappa shape index (κ1) is 18.2. The van der Waals surface area contributed by atoms with Crippen molar-refractivity contribution < 1.29 is 24.2 Å². The molecule has 0 spiro atoms. The van der Waals surface area contributed by atoms with Gasteiger partial charge in [-0.3, -0.25) is 9.59 Å². The molecule has 6 nitrogen and oxygen atoms in total. The first-order chi connectivity index (χ1) is 13.5. The number of carbonyl (C=O) groups is 3. The van der Waals surface area contributed by atoms with Gasteiger partial charge in [-0.05, 0) is 79.1 Å². The summed E-state index contributed by atoms with van der Waals surface area (Å²) in [5.74, 6) is -1.18. The van der Waals surface area contributed by atoms with Crippen molar-refractivity contribution in [3.63, 3.8) is 0 Å². The van der Waals surface area contributed by atoms with E-state index in [1.807, 2.05) is 0 Å². The van der Waals surface area contributed by atoms with Crippen LogP contribution in [0.4, 0.5) is 5.69 Å². The van der Waals surface area contributed by atoms with Gasteiger partial charge < -0.3 is 15.2 Å². The Kier molecular flexibility index (Phi) is 4.86. The highest BCUT2D eigenvalue weighted by Crippen LogP contribution is 2.29. The van der Waals surface area contributed by atoms with Crippen LogP contribution in [0.2, 0.25) is 0 Å². The molecular formula is C22H21NO5. The number of fused-ring (bicyclic) bond motifs is 2. The predicted molar refractivity (Wildman–Crippen MR) is 103 cm³/mol. The van der Waals surface area contributed by atoms with Crippen molar-refractivity contribution in [2.75, 3.05) is 11.9 Å². The number of amides is 1.